The van der Waals surface area contributed by atoms with Gasteiger partial charge in [-0.05, 0) is 61.9 Å². The molecule has 6 nitrogen and oxygen atoms in total. The predicted molar refractivity (Wildman–Crippen MR) is 140 cm³/mol. The zero-order valence-electron chi connectivity index (χ0n) is 21.4. The second-order valence-corrected chi connectivity index (χ2v) is 10.9. The summed E-state index contributed by atoms with van der Waals surface area (Å²) >= 11 is 1.01. The molecule has 39 heavy (non-hydrogen) atoms. The molecule has 0 amide bonds. The van der Waals surface area contributed by atoms with Crippen molar-refractivity contribution in [1.29, 1.82) is 0 Å². The van der Waals surface area contributed by atoms with Gasteiger partial charge in [-0.2, -0.15) is 0 Å². The van der Waals surface area contributed by atoms with Gasteiger partial charge in [0.15, 0.2) is 11.6 Å². The molecule has 1 aliphatic rings. The monoisotopic (exact) mass is 566 g/mol. The number of pyridine rings is 1. The Morgan fingerprint density at radius 3 is 2.72 bits per heavy atom. The number of nitrogens with zero attached hydrogens (tertiary/aromatic N) is 2. The van der Waals surface area contributed by atoms with Crippen LogP contribution in [0.4, 0.5) is 17.6 Å². The zero-order valence-corrected chi connectivity index (χ0v) is 22.2. The van der Waals surface area contributed by atoms with Crippen LogP contribution in [-0.2, 0) is 4.79 Å². The minimum absolute atomic E-state index is 0.000103. The summed E-state index contributed by atoms with van der Waals surface area (Å²) in [5, 5.41) is 20.9. The van der Waals surface area contributed by atoms with Gasteiger partial charge in [-0.3, -0.25) is 9.78 Å². The number of fused-ring (bicyclic) bond motifs is 1. The van der Waals surface area contributed by atoms with E-state index in [4.69, 9.17) is 4.74 Å². The standard InChI is InChI=1S/C28H30F4N2O4S/c1-38-19-3-4-23-20(13-19)27(22(31)14-33-23)24(35)5-2-16-6-7-34(15-17(16)10-26(36)37)8-9-39-25-12-18(29)11-21(30)28(25)32/h3-4,11-14,16-17,24,35H,2,5-10,15H2,1H3,(H,36,37)/t16?,17?,24-/m1/s1. The molecule has 1 aromatic heterocycles. The third kappa shape index (κ3) is 7.20. The van der Waals surface area contributed by atoms with Gasteiger partial charge < -0.3 is 19.8 Å². The summed E-state index contributed by atoms with van der Waals surface area (Å²) in [5.41, 5.74) is 0.672. The fourth-order valence-corrected chi connectivity index (χ4v) is 6.26. The number of carbonyl (C=O) groups is 1. The minimum atomic E-state index is -1.24. The molecule has 3 aromatic rings. The first kappa shape index (κ1) is 29.1. The number of rotatable bonds is 11. The van der Waals surface area contributed by atoms with E-state index in [0.717, 1.165) is 24.0 Å². The van der Waals surface area contributed by atoms with Crippen molar-refractivity contribution in [2.45, 2.75) is 36.7 Å². The van der Waals surface area contributed by atoms with E-state index < -0.39 is 35.3 Å². The lowest BCUT2D eigenvalue weighted by atomic mass is 9.79. The molecule has 0 radical (unpaired) electrons. The van der Waals surface area contributed by atoms with Gasteiger partial charge in [-0.15, -0.1) is 11.8 Å². The van der Waals surface area contributed by atoms with E-state index in [9.17, 15) is 32.6 Å². The van der Waals surface area contributed by atoms with E-state index in [-0.39, 0.29) is 35.1 Å². The number of ether oxygens (including phenoxy) is 1. The van der Waals surface area contributed by atoms with E-state index in [2.05, 4.69) is 9.88 Å². The number of thioether (sulfide) groups is 1. The summed E-state index contributed by atoms with van der Waals surface area (Å²) in [5.74, 6) is -4.03. The number of aliphatic hydroxyl groups is 1. The highest BCUT2D eigenvalue weighted by atomic mass is 32.2. The van der Waals surface area contributed by atoms with Crippen LogP contribution in [0.2, 0.25) is 0 Å². The molecule has 1 fully saturated rings. The van der Waals surface area contributed by atoms with E-state index in [1.54, 1.807) is 18.2 Å². The summed E-state index contributed by atoms with van der Waals surface area (Å²) in [4.78, 5) is 17.6. The first-order valence-electron chi connectivity index (χ1n) is 12.7. The van der Waals surface area contributed by atoms with Crippen molar-refractivity contribution >= 4 is 28.6 Å². The summed E-state index contributed by atoms with van der Waals surface area (Å²) in [6, 6.07) is 6.50. The van der Waals surface area contributed by atoms with Crippen LogP contribution >= 0.6 is 11.8 Å². The highest BCUT2D eigenvalue weighted by molar-refractivity contribution is 7.99. The predicted octanol–water partition coefficient (Wildman–Crippen LogP) is 5.82. The maximum absolute atomic E-state index is 14.8. The van der Waals surface area contributed by atoms with Crippen LogP contribution in [0.3, 0.4) is 0 Å². The van der Waals surface area contributed by atoms with Crippen molar-refractivity contribution in [3.63, 3.8) is 0 Å². The lowest BCUT2D eigenvalue weighted by Gasteiger charge is -2.38. The number of benzene rings is 2. The third-order valence-electron chi connectivity index (χ3n) is 7.25. The van der Waals surface area contributed by atoms with Crippen LogP contribution in [0.1, 0.15) is 37.4 Å². The molecule has 1 aliphatic heterocycles. The largest absolute Gasteiger partial charge is 0.497 e. The number of aliphatic hydroxyl groups excluding tert-OH is 1. The fourth-order valence-electron chi connectivity index (χ4n) is 5.27. The summed E-state index contributed by atoms with van der Waals surface area (Å²) in [7, 11) is 1.50. The van der Waals surface area contributed by atoms with E-state index in [1.807, 2.05) is 0 Å². The lowest BCUT2D eigenvalue weighted by molar-refractivity contribution is -0.139. The molecule has 210 valence electrons. The van der Waals surface area contributed by atoms with Crippen molar-refractivity contribution in [2.75, 3.05) is 32.5 Å². The number of carboxylic acids is 1. The molecule has 2 aromatic carbocycles. The zero-order chi connectivity index (χ0) is 28.1. The van der Waals surface area contributed by atoms with Gasteiger partial charge in [-0.1, -0.05) is 0 Å². The van der Waals surface area contributed by atoms with Gasteiger partial charge >= 0.3 is 5.97 Å². The van der Waals surface area contributed by atoms with Crippen molar-refractivity contribution in [2.24, 2.45) is 11.8 Å². The van der Waals surface area contributed by atoms with Crippen LogP contribution in [-0.4, -0.2) is 58.6 Å². The average Bonchev–Trinajstić information content (AvgIpc) is 2.90. The lowest BCUT2D eigenvalue weighted by Crippen LogP contribution is -2.42. The fraction of sp³-hybridized carbons (Fsp3) is 0.429. The molecule has 3 atom stereocenters. The second-order valence-electron chi connectivity index (χ2n) is 9.75. The normalized spacial score (nSPS) is 18.8. The molecule has 0 bridgehead atoms. The SMILES string of the molecule is COc1ccc2ncc(F)c([C@H](O)CCC3CCN(CCSc4cc(F)cc(F)c4F)CC3CC(=O)O)c2c1. The van der Waals surface area contributed by atoms with Gasteiger partial charge in [0.2, 0.25) is 0 Å². The number of hydrogen-bond donors (Lipinski definition) is 2. The summed E-state index contributed by atoms with van der Waals surface area (Å²) in [6.45, 7) is 1.63. The van der Waals surface area contributed by atoms with Crippen LogP contribution in [0.15, 0.2) is 41.4 Å². The molecule has 0 aliphatic carbocycles. The van der Waals surface area contributed by atoms with Crippen molar-refractivity contribution in [3.05, 3.63) is 65.4 Å². The number of methoxy groups -OCH3 is 1. The second kappa shape index (κ2) is 13.0. The van der Waals surface area contributed by atoms with Crippen LogP contribution in [0.25, 0.3) is 10.9 Å². The van der Waals surface area contributed by atoms with E-state index in [0.29, 0.717) is 60.9 Å². The Kier molecular flexibility index (Phi) is 9.68. The van der Waals surface area contributed by atoms with Gasteiger partial charge in [0.1, 0.15) is 17.4 Å². The third-order valence-corrected chi connectivity index (χ3v) is 8.24. The van der Waals surface area contributed by atoms with Crippen LogP contribution in [0, 0.1) is 35.1 Å². The first-order valence-corrected chi connectivity index (χ1v) is 13.7. The molecule has 0 saturated carbocycles. The van der Waals surface area contributed by atoms with Gasteiger partial charge in [0.05, 0.1) is 24.9 Å². The maximum atomic E-state index is 14.8. The van der Waals surface area contributed by atoms with E-state index in [1.165, 1.54) is 7.11 Å². The molecule has 11 heteroatoms. The Hall–Kier alpha value is -2.89. The maximum Gasteiger partial charge on any atom is 0.303 e. The molecular weight excluding hydrogens is 536 g/mol. The molecule has 4 rings (SSSR count). The number of likely N-dealkylation sites (tertiary alicyclic amines) is 1. The summed E-state index contributed by atoms with van der Waals surface area (Å²) < 4.78 is 60.8. The van der Waals surface area contributed by atoms with Crippen molar-refractivity contribution < 1.29 is 37.3 Å². The Labute approximate surface area is 228 Å². The van der Waals surface area contributed by atoms with Crippen LogP contribution in [0.5, 0.6) is 5.75 Å². The van der Waals surface area contributed by atoms with Crippen LogP contribution < -0.4 is 4.74 Å². The number of piperidine rings is 1. The number of carboxylic acid groups (broad SMARTS) is 1. The average molecular weight is 567 g/mol. The van der Waals surface area contributed by atoms with Gasteiger partial charge in [-0.25, -0.2) is 17.6 Å². The smallest absolute Gasteiger partial charge is 0.303 e. The number of halogens is 4. The molecule has 2 unspecified atom stereocenters. The topological polar surface area (TPSA) is 82.9 Å². The summed E-state index contributed by atoms with van der Waals surface area (Å²) in [6.07, 6.45) is 1.34. The van der Waals surface area contributed by atoms with E-state index >= 15 is 0 Å². The first-order chi connectivity index (χ1) is 18.7. The van der Waals surface area contributed by atoms with Crippen molar-refractivity contribution in [1.82, 2.24) is 9.88 Å². The number of aromatic nitrogens is 1. The highest BCUT2D eigenvalue weighted by Crippen LogP contribution is 2.36. The van der Waals surface area contributed by atoms with Gasteiger partial charge in [0.25, 0.3) is 0 Å². The van der Waals surface area contributed by atoms with Gasteiger partial charge in [0, 0.05) is 47.2 Å². The Balaban J connectivity index is 1.38. The minimum Gasteiger partial charge on any atom is -0.497 e. The number of hydrogen-bond acceptors (Lipinski definition) is 6. The molecule has 2 N–H and O–H groups in total. The number of aliphatic carboxylic acids is 1. The molecule has 0 spiro atoms. The quantitative estimate of drug-likeness (QED) is 0.172. The highest BCUT2D eigenvalue weighted by Gasteiger charge is 2.31. The Morgan fingerprint density at radius 2 is 1.97 bits per heavy atom. The Bertz CT molecular complexity index is 1330. The molecule has 2 heterocycles. The Morgan fingerprint density at radius 1 is 1.18 bits per heavy atom. The van der Waals surface area contributed by atoms with Crippen molar-refractivity contribution in [3.8, 4) is 5.75 Å². The molecular formula is C28H30F4N2O4S. The molecule has 1 saturated heterocycles.